The van der Waals surface area contributed by atoms with Gasteiger partial charge in [0.25, 0.3) is 0 Å². The Hall–Kier alpha value is 0.110. The van der Waals surface area contributed by atoms with Crippen molar-refractivity contribution in [3.8, 4) is 0 Å². The van der Waals surface area contributed by atoms with Gasteiger partial charge >= 0.3 is 7.60 Å². The monoisotopic (exact) mass is 348 g/mol. The Labute approximate surface area is 143 Å². The Bertz CT molecular complexity index is 211. The van der Waals surface area contributed by atoms with Crippen LogP contribution in [0.2, 0.25) is 0 Å². The van der Waals surface area contributed by atoms with Crippen molar-refractivity contribution >= 4 is 7.60 Å². The minimum absolute atomic E-state index is 0. The zero-order chi connectivity index (χ0) is 12.4. The van der Waals surface area contributed by atoms with E-state index in [0.29, 0.717) is 19.1 Å². The maximum atomic E-state index is 11.3. The molecule has 0 radical (unpaired) electrons. The molecule has 0 aliphatic rings. The molecular formula is C17H49O4P. The van der Waals surface area contributed by atoms with Crippen molar-refractivity contribution in [2.24, 2.45) is 5.92 Å². The zero-order valence-corrected chi connectivity index (χ0v) is 11.8. The van der Waals surface area contributed by atoms with Crippen LogP contribution in [0, 0.1) is 5.92 Å². The topological polar surface area (TPSA) is 44.8 Å². The molecule has 0 heterocycles. The minimum Gasteiger partial charge on any atom is -0.379 e. The number of rotatable bonds is 10. The van der Waals surface area contributed by atoms with Crippen LogP contribution in [0.5, 0.6) is 0 Å². The molecule has 0 aliphatic carbocycles. The van der Waals surface area contributed by atoms with Crippen LogP contribution in [0.15, 0.2) is 0 Å². The minimum atomic E-state index is -2.84. The van der Waals surface area contributed by atoms with Crippen molar-refractivity contribution in [3.63, 3.8) is 0 Å². The highest BCUT2D eigenvalue weighted by Gasteiger charge is 2.13. The summed E-state index contributed by atoms with van der Waals surface area (Å²) >= 11 is 0. The third-order valence-electron chi connectivity index (χ3n) is 2.51. The molecule has 5 heteroatoms. The summed E-state index contributed by atoms with van der Waals surface area (Å²) in [6.45, 7) is 7.36. The molecule has 0 N–H and O–H groups in total. The highest BCUT2D eigenvalue weighted by Crippen LogP contribution is 2.42. The summed E-state index contributed by atoms with van der Waals surface area (Å²) in [6.07, 6.45) is 3.52. The fourth-order valence-corrected chi connectivity index (χ4v) is 1.89. The van der Waals surface area contributed by atoms with Crippen LogP contribution in [0.3, 0.4) is 0 Å². The molecule has 0 aromatic rings. The molecule has 0 aromatic carbocycles. The van der Waals surface area contributed by atoms with Gasteiger partial charge in [-0.15, -0.1) is 0 Å². The van der Waals surface area contributed by atoms with Crippen LogP contribution in [0.25, 0.3) is 0 Å². The van der Waals surface area contributed by atoms with E-state index in [1.165, 1.54) is 26.6 Å². The van der Waals surface area contributed by atoms with Gasteiger partial charge in [-0.3, -0.25) is 4.57 Å². The second-order valence-corrected chi connectivity index (χ2v) is 6.09. The van der Waals surface area contributed by atoms with Crippen LogP contribution >= 0.6 is 7.60 Å². The maximum Gasteiger partial charge on any atom is 0.327 e. The van der Waals surface area contributed by atoms with Crippen LogP contribution in [-0.2, 0) is 18.3 Å². The molecule has 146 valence electrons. The van der Waals surface area contributed by atoms with E-state index in [2.05, 4.69) is 13.8 Å². The van der Waals surface area contributed by atoms with Gasteiger partial charge in [-0.25, -0.2) is 0 Å². The van der Waals surface area contributed by atoms with E-state index < -0.39 is 7.60 Å². The SMILES string of the molecule is C.C.C.C.C.C.CCCC(CC)COCCOP(C)(=O)OC. The molecule has 0 aliphatic heterocycles. The summed E-state index contributed by atoms with van der Waals surface area (Å²) in [5, 5.41) is 0. The zero-order valence-electron chi connectivity index (χ0n) is 10.9. The third-order valence-corrected chi connectivity index (χ3v) is 3.83. The molecule has 0 bridgehead atoms. The van der Waals surface area contributed by atoms with E-state index in [9.17, 15) is 4.57 Å². The van der Waals surface area contributed by atoms with E-state index in [1.807, 2.05) is 0 Å². The summed E-state index contributed by atoms with van der Waals surface area (Å²) in [5.74, 6) is 0.626. The van der Waals surface area contributed by atoms with Crippen molar-refractivity contribution < 1.29 is 18.3 Å². The first-order valence-corrected chi connectivity index (χ1v) is 7.90. The Morgan fingerprint density at radius 1 is 0.955 bits per heavy atom. The van der Waals surface area contributed by atoms with Gasteiger partial charge in [-0.1, -0.05) is 71.2 Å². The van der Waals surface area contributed by atoms with E-state index >= 15 is 0 Å². The van der Waals surface area contributed by atoms with Crippen molar-refractivity contribution in [2.75, 3.05) is 33.6 Å². The predicted octanol–water partition coefficient (Wildman–Crippen LogP) is 7.13. The molecule has 0 fully saturated rings. The van der Waals surface area contributed by atoms with Gasteiger partial charge in [0.05, 0.1) is 13.2 Å². The van der Waals surface area contributed by atoms with Crippen molar-refractivity contribution in [3.05, 3.63) is 0 Å². The quantitative estimate of drug-likeness (QED) is 0.311. The van der Waals surface area contributed by atoms with E-state index in [-0.39, 0.29) is 44.6 Å². The normalized spacial score (nSPS) is 12.4. The molecule has 2 atom stereocenters. The van der Waals surface area contributed by atoms with Gasteiger partial charge < -0.3 is 13.8 Å². The Morgan fingerprint density at radius 2 is 1.45 bits per heavy atom. The lowest BCUT2D eigenvalue weighted by molar-refractivity contribution is 0.0665. The predicted molar refractivity (Wildman–Crippen MR) is 106 cm³/mol. The summed E-state index contributed by atoms with van der Waals surface area (Å²) in [4.78, 5) is 0. The van der Waals surface area contributed by atoms with Gasteiger partial charge in [0.2, 0.25) is 0 Å². The Morgan fingerprint density at radius 3 is 1.82 bits per heavy atom. The molecular weight excluding hydrogens is 299 g/mol. The summed E-state index contributed by atoms with van der Waals surface area (Å²) in [7, 11) is -1.45. The maximum absolute atomic E-state index is 11.3. The smallest absolute Gasteiger partial charge is 0.327 e. The second-order valence-electron chi connectivity index (χ2n) is 3.92. The van der Waals surface area contributed by atoms with E-state index in [1.54, 1.807) is 0 Å². The van der Waals surface area contributed by atoms with Gasteiger partial charge in [0.1, 0.15) is 0 Å². The fourth-order valence-electron chi connectivity index (χ4n) is 1.38. The standard InChI is InChI=1S/C11H25O4P.6CH4/c1-5-7-11(6-2)10-14-8-9-15-16(4,12)13-3;;;;;;/h11H,5-10H2,1-4H3;6*1H4. The Kier molecular flexibility index (Phi) is 51.1. The van der Waals surface area contributed by atoms with Crippen LogP contribution < -0.4 is 0 Å². The highest BCUT2D eigenvalue weighted by atomic mass is 31.2. The summed E-state index contributed by atoms with van der Waals surface area (Å²) < 4.78 is 26.6. The van der Waals surface area contributed by atoms with Crippen molar-refractivity contribution in [2.45, 2.75) is 77.7 Å². The Balaban J connectivity index is -0.0000000750. The molecule has 0 saturated carbocycles. The average molecular weight is 349 g/mol. The van der Waals surface area contributed by atoms with Gasteiger partial charge in [-0.2, -0.15) is 0 Å². The molecule has 0 amide bonds. The molecule has 4 nitrogen and oxygen atoms in total. The molecule has 2 unspecified atom stereocenters. The average Bonchev–Trinajstić information content (AvgIpc) is 2.27. The largest absolute Gasteiger partial charge is 0.379 e. The first-order chi connectivity index (χ1) is 7.55. The lowest BCUT2D eigenvalue weighted by Gasteiger charge is -2.15. The molecule has 0 saturated heterocycles. The lowest BCUT2D eigenvalue weighted by Crippen LogP contribution is -2.11. The molecule has 0 spiro atoms. The van der Waals surface area contributed by atoms with Crippen LogP contribution in [0.1, 0.15) is 77.7 Å². The second kappa shape index (κ2) is 26.0. The lowest BCUT2D eigenvalue weighted by atomic mass is 10.0. The van der Waals surface area contributed by atoms with Crippen LogP contribution in [-0.4, -0.2) is 33.6 Å². The van der Waals surface area contributed by atoms with Crippen molar-refractivity contribution in [1.82, 2.24) is 0 Å². The van der Waals surface area contributed by atoms with Gasteiger partial charge in [0.15, 0.2) is 0 Å². The van der Waals surface area contributed by atoms with Gasteiger partial charge in [-0.05, 0) is 12.3 Å². The third kappa shape index (κ3) is 25.1. The van der Waals surface area contributed by atoms with Crippen molar-refractivity contribution in [1.29, 1.82) is 0 Å². The fraction of sp³-hybridized carbons (Fsp3) is 1.00. The summed E-state index contributed by atoms with van der Waals surface area (Å²) in [5.41, 5.74) is 0. The van der Waals surface area contributed by atoms with E-state index in [4.69, 9.17) is 13.8 Å². The number of hydrogen-bond donors (Lipinski definition) is 0. The molecule has 0 rings (SSSR count). The highest BCUT2D eigenvalue weighted by molar-refractivity contribution is 7.52. The van der Waals surface area contributed by atoms with Crippen LogP contribution in [0.4, 0.5) is 0 Å². The number of hydrogen-bond acceptors (Lipinski definition) is 4. The van der Waals surface area contributed by atoms with E-state index in [0.717, 1.165) is 13.0 Å². The molecule has 22 heavy (non-hydrogen) atoms. The first kappa shape index (κ1) is 43.2. The number of ether oxygens (including phenoxy) is 1. The molecule has 0 aromatic heterocycles. The summed E-state index contributed by atoms with van der Waals surface area (Å²) in [6, 6.07) is 0. The first-order valence-electron chi connectivity index (χ1n) is 5.91. The van der Waals surface area contributed by atoms with Gasteiger partial charge in [0, 0.05) is 20.4 Å².